The monoisotopic (exact) mass is 362 g/mol. The SMILES string of the molecule is CCCCC/C=C\C/C=C\CCCCCCCCC1OC2CCCC2O1. The van der Waals surface area contributed by atoms with Crippen LogP contribution in [0.5, 0.6) is 0 Å². The lowest BCUT2D eigenvalue weighted by Crippen LogP contribution is -2.13. The van der Waals surface area contributed by atoms with E-state index in [9.17, 15) is 0 Å². The second-order valence-corrected chi connectivity index (χ2v) is 8.08. The first-order chi connectivity index (χ1) is 12.9. The first-order valence-electron chi connectivity index (χ1n) is 11.5. The molecule has 2 aliphatic rings. The fourth-order valence-corrected chi connectivity index (χ4v) is 4.06. The average Bonchev–Trinajstić information content (AvgIpc) is 3.23. The zero-order chi connectivity index (χ0) is 18.3. The van der Waals surface area contributed by atoms with Crippen molar-refractivity contribution in [3.63, 3.8) is 0 Å². The topological polar surface area (TPSA) is 18.5 Å². The Morgan fingerprint density at radius 1 is 0.692 bits per heavy atom. The van der Waals surface area contributed by atoms with E-state index in [1.165, 1.54) is 89.9 Å². The van der Waals surface area contributed by atoms with Crippen LogP contribution in [0.25, 0.3) is 0 Å². The molecule has 1 heterocycles. The molecule has 1 aliphatic heterocycles. The largest absolute Gasteiger partial charge is 0.347 e. The molecule has 0 aromatic rings. The number of fused-ring (bicyclic) bond motifs is 1. The van der Waals surface area contributed by atoms with E-state index >= 15 is 0 Å². The van der Waals surface area contributed by atoms with Crippen LogP contribution in [0, 0.1) is 0 Å². The van der Waals surface area contributed by atoms with Crippen molar-refractivity contribution < 1.29 is 9.47 Å². The van der Waals surface area contributed by atoms with Gasteiger partial charge in [-0.3, -0.25) is 0 Å². The van der Waals surface area contributed by atoms with Crippen LogP contribution >= 0.6 is 0 Å². The van der Waals surface area contributed by atoms with Gasteiger partial charge < -0.3 is 9.47 Å². The van der Waals surface area contributed by atoms with Gasteiger partial charge in [0.2, 0.25) is 0 Å². The van der Waals surface area contributed by atoms with Gasteiger partial charge in [0.1, 0.15) is 0 Å². The van der Waals surface area contributed by atoms with Gasteiger partial charge in [0, 0.05) is 0 Å². The minimum Gasteiger partial charge on any atom is -0.347 e. The summed E-state index contributed by atoms with van der Waals surface area (Å²) >= 11 is 0. The highest BCUT2D eigenvalue weighted by Crippen LogP contribution is 2.34. The molecule has 1 aliphatic carbocycles. The van der Waals surface area contributed by atoms with E-state index in [0.717, 1.165) is 12.8 Å². The number of hydrogen-bond donors (Lipinski definition) is 0. The second kappa shape index (κ2) is 14.5. The fourth-order valence-electron chi connectivity index (χ4n) is 4.06. The van der Waals surface area contributed by atoms with Crippen LogP contribution in [0.1, 0.15) is 110 Å². The maximum Gasteiger partial charge on any atom is 0.158 e. The number of hydrogen-bond acceptors (Lipinski definition) is 2. The fraction of sp³-hybridized carbons (Fsp3) is 0.833. The van der Waals surface area contributed by atoms with Gasteiger partial charge in [0.05, 0.1) is 12.2 Å². The molecule has 0 aromatic heterocycles. The molecule has 0 spiro atoms. The van der Waals surface area contributed by atoms with E-state index in [4.69, 9.17) is 9.47 Å². The predicted molar refractivity (Wildman–Crippen MR) is 111 cm³/mol. The van der Waals surface area contributed by atoms with Crippen LogP contribution in [0.3, 0.4) is 0 Å². The number of allylic oxidation sites excluding steroid dienone is 4. The Morgan fingerprint density at radius 3 is 1.92 bits per heavy atom. The van der Waals surface area contributed by atoms with Crippen molar-refractivity contribution in [2.45, 2.75) is 128 Å². The molecule has 2 unspecified atom stereocenters. The van der Waals surface area contributed by atoms with Crippen molar-refractivity contribution in [2.24, 2.45) is 0 Å². The van der Waals surface area contributed by atoms with E-state index in [1.54, 1.807) is 0 Å². The normalized spacial score (nSPS) is 25.7. The Morgan fingerprint density at radius 2 is 1.27 bits per heavy atom. The van der Waals surface area contributed by atoms with Gasteiger partial charge in [0.15, 0.2) is 6.29 Å². The third-order valence-electron chi connectivity index (χ3n) is 5.69. The van der Waals surface area contributed by atoms with Gasteiger partial charge in [-0.05, 0) is 64.2 Å². The molecule has 2 fully saturated rings. The van der Waals surface area contributed by atoms with Crippen molar-refractivity contribution in [1.82, 2.24) is 0 Å². The number of rotatable bonds is 15. The molecule has 0 N–H and O–H groups in total. The van der Waals surface area contributed by atoms with Gasteiger partial charge >= 0.3 is 0 Å². The molecule has 1 saturated heterocycles. The molecule has 2 heteroatoms. The lowest BCUT2D eigenvalue weighted by Gasteiger charge is -2.11. The van der Waals surface area contributed by atoms with Gasteiger partial charge in [-0.15, -0.1) is 0 Å². The first-order valence-corrected chi connectivity index (χ1v) is 11.5. The van der Waals surface area contributed by atoms with Crippen LogP contribution < -0.4 is 0 Å². The van der Waals surface area contributed by atoms with Crippen LogP contribution in [0.4, 0.5) is 0 Å². The van der Waals surface area contributed by atoms with Crippen LogP contribution in [0.2, 0.25) is 0 Å². The molecule has 1 saturated carbocycles. The summed E-state index contributed by atoms with van der Waals surface area (Å²) in [6.45, 7) is 2.26. The summed E-state index contributed by atoms with van der Waals surface area (Å²) in [7, 11) is 0. The van der Waals surface area contributed by atoms with Crippen molar-refractivity contribution in [1.29, 1.82) is 0 Å². The number of unbranched alkanes of at least 4 members (excludes halogenated alkanes) is 9. The van der Waals surface area contributed by atoms with E-state index in [2.05, 4.69) is 31.2 Å². The van der Waals surface area contributed by atoms with E-state index in [-0.39, 0.29) is 6.29 Å². The number of ether oxygens (including phenoxy) is 2. The highest BCUT2D eigenvalue weighted by molar-refractivity contribution is 4.92. The van der Waals surface area contributed by atoms with Gasteiger partial charge in [0.25, 0.3) is 0 Å². The van der Waals surface area contributed by atoms with Crippen molar-refractivity contribution in [3.8, 4) is 0 Å². The smallest absolute Gasteiger partial charge is 0.158 e. The molecule has 0 aromatic carbocycles. The Labute approximate surface area is 162 Å². The molecule has 2 rings (SSSR count). The van der Waals surface area contributed by atoms with Crippen molar-refractivity contribution >= 4 is 0 Å². The highest BCUT2D eigenvalue weighted by atomic mass is 16.7. The van der Waals surface area contributed by atoms with Crippen LogP contribution in [-0.2, 0) is 9.47 Å². The predicted octanol–water partition coefficient (Wildman–Crippen LogP) is 7.48. The van der Waals surface area contributed by atoms with Crippen LogP contribution in [-0.4, -0.2) is 18.5 Å². The molecule has 26 heavy (non-hydrogen) atoms. The van der Waals surface area contributed by atoms with Crippen molar-refractivity contribution in [3.05, 3.63) is 24.3 Å². The summed E-state index contributed by atoms with van der Waals surface area (Å²) in [6, 6.07) is 0. The summed E-state index contributed by atoms with van der Waals surface area (Å²) in [5, 5.41) is 0. The molecule has 0 amide bonds. The zero-order valence-electron chi connectivity index (χ0n) is 17.2. The molecule has 0 radical (unpaired) electrons. The van der Waals surface area contributed by atoms with Crippen LogP contribution in [0.15, 0.2) is 24.3 Å². The summed E-state index contributed by atoms with van der Waals surface area (Å²) in [5.74, 6) is 0. The standard InChI is InChI=1S/C24H42O2/c1-2-3-4-5-6-7-8-9-10-11-12-13-14-15-16-17-21-24-25-22-19-18-20-23(22)26-24/h6-7,9-10,22-24H,2-5,8,11-21H2,1H3/b7-6-,10-9-. The first kappa shape index (κ1) is 21.7. The Kier molecular flexibility index (Phi) is 12.1. The molecule has 150 valence electrons. The Balaban J connectivity index is 1.29. The van der Waals surface area contributed by atoms with Gasteiger partial charge in [-0.1, -0.05) is 69.8 Å². The van der Waals surface area contributed by atoms with Gasteiger partial charge in [-0.2, -0.15) is 0 Å². The van der Waals surface area contributed by atoms with E-state index in [1.807, 2.05) is 0 Å². The zero-order valence-corrected chi connectivity index (χ0v) is 17.2. The molecule has 2 atom stereocenters. The minimum absolute atomic E-state index is 0.108. The lowest BCUT2D eigenvalue weighted by molar-refractivity contribution is -0.0775. The third-order valence-corrected chi connectivity index (χ3v) is 5.69. The second-order valence-electron chi connectivity index (χ2n) is 8.08. The summed E-state index contributed by atoms with van der Waals surface area (Å²) in [6.07, 6.45) is 30.8. The maximum atomic E-state index is 5.97. The molecular formula is C24H42O2. The quantitative estimate of drug-likeness (QED) is 0.222. The average molecular weight is 363 g/mol. The van der Waals surface area contributed by atoms with Gasteiger partial charge in [-0.25, -0.2) is 0 Å². The Hall–Kier alpha value is -0.600. The highest BCUT2D eigenvalue weighted by Gasteiger charge is 2.38. The minimum atomic E-state index is 0.108. The lowest BCUT2D eigenvalue weighted by atomic mass is 10.1. The Bertz CT molecular complexity index is 376. The maximum absolute atomic E-state index is 5.97. The summed E-state index contributed by atoms with van der Waals surface area (Å²) in [5.41, 5.74) is 0. The summed E-state index contributed by atoms with van der Waals surface area (Å²) < 4.78 is 11.9. The summed E-state index contributed by atoms with van der Waals surface area (Å²) in [4.78, 5) is 0. The molecule has 2 nitrogen and oxygen atoms in total. The van der Waals surface area contributed by atoms with Crippen molar-refractivity contribution in [2.75, 3.05) is 0 Å². The molecule has 0 bridgehead atoms. The third kappa shape index (κ3) is 9.37. The molecular weight excluding hydrogens is 320 g/mol. The van der Waals surface area contributed by atoms with E-state index in [0.29, 0.717) is 12.2 Å². The van der Waals surface area contributed by atoms with E-state index < -0.39 is 0 Å².